The third-order valence-corrected chi connectivity index (χ3v) is 6.39. The van der Waals surface area contributed by atoms with E-state index in [1.54, 1.807) is 0 Å². The average molecular weight is 485 g/mol. The summed E-state index contributed by atoms with van der Waals surface area (Å²) < 4.78 is 1.89. The summed E-state index contributed by atoms with van der Waals surface area (Å²) in [7, 11) is 0. The molecule has 3 aromatic rings. The molecule has 25 heavy (non-hydrogen) atoms. The molecule has 0 aliphatic heterocycles. The summed E-state index contributed by atoms with van der Waals surface area (Å²) in [4.78, 5) is 14.8. The van der Waals surface area contributed by atoms with Gasteiger partial charge in [-0.2, -0.15) is 0 Å². The first-order valence-electron chi connectivity index (χ1n) is 7.84. The quantitative estimate of drug-likeness (QED) is 0.355. The predicted octanol–water partition coefficient (Wildman–Crippen LogP) is 6.07. The summed E-state index contributed by atoms with van der Waals surface area (Å²) in [5.74, 6) is -0.320. The predicted molar refractivity (Wildman–Crippen MR) is 106 cm³/mol. The van der Waals surface area contributed by atoms with Gasteiger partial charge in [-0.25, -0.2) is 0 Å². The van der Waals surface area contributed by atoms with Gasteiger partial charge in [0.1, 0.15) is 0 Å². The Balaban J connectivity index is 1.99. The molecule has 7 heteroatoms. The van der Waals surface area contributed by atoms with Crippen LogP contribution in [0.4, 0.5) is 0 Å². The highest BCUT2D eigenvalue weighted by Crippen LogP contribution is 2.44. The third-order valence-electron chi connectivity index (χ3n) is 4.91. The molecule has 0 amide bonds. The minimum absolute atomic E-state index is 0.147. The van der Waals surface area contributed by atoms with E-state index in [1.165, 1.54) is 0 Å². The molecule has 0 bridgehead atoms. The smallest absolute Gasteiger partial charge is 0.224 e. The molecular formula is C18H13Br2ClN2O2. The van der Waals surface area contributed by atoms with Gasteiger partial charge in [0.05, 0.1) is 16.5 Å². The van der Waals surface area contributed by atoms with Crippen molar-refractivity contribution in [1.29, 1.82) is 0 Å². The molecule has 0 saturated heterocycles. The summed E-state index contributed by atoms with van der Waals surface area (Å²) >= 11 is 13.4. The topological polar surface area (TPSA) is 58.9 Å². The van der Waals surface area contributed by atoms with Gasteiger partial charge in [-0.1, -0.05) is 55.6 Å². The largest absolute Gasteiger partial charge is 0.360 e. The average Bonchev–Trinajstić information content (AvgIpc) is 2.98. The maximum absolute atomic E-state index is 11.8. The molecule has 0 saturated carbocycles. The number of fused-ring (bicyclic) bond motifs is 2. The van der Waals surface area contributed by atoms with Crippen molar-refractivity contribution < 1.29 is 4.92 Å². The lowest BCUT2D eigenvalue weighted by Crippen LogP contribution is -2.33. The molecule has 0 fully saturated rings. The van der Waals surface area contributed by atoms with Crippen molar-refractivity contribution in [3.05, 3.63) is 77.3 Å². The van der Waals surface area contributed by atoms with E-state index in [4.69, 9.17) is 11.6 Å². The third kappa shape index (κ3) is 2.80. The summed E-state index contributed by atoms with van der Waals surface area (Å²) in [5.41, 5.74) is 3.88. The number of aromatic nitrogens is 1. The highest BCUT2D eigenvalue weighted by Gasteiger charge is 2.40. The van der Waals surface area contributed by atoms with Crippen LogP contribution in [0.3, 0.4) is 0 Å². The molecule has 2 atom stereocenters. The molecule has 1 aromatic heterocycles. The number of hydrogen-bond acceptors (Lipinski definition) is 2. The van der Waals surface area contributed by atoms with Crippen LogP contribution in [0.2, 0.25) is 5.02 Å². The monoisotopic (exact) mass is 482 g/mol. The van der Waals surface area contributed by atoms with Gasteiger partial charge in [0.2, 0.25) is 6.04 Å². The van der Waals surface area contributed by atoms with E-state index in [0.29, 0.717) is 17.9 Å². The second kappa shape index (κ2) is 6.41. The number of nitro groups is 1. The summed E-state index contributed by atoms with van der Waals surface area (Å²) in [6.07, 6.45) is 3.06. The van der Waals surface area contributed by atoms with Gasteiger partial charge in [-0.15, -0.1) is 0 Å². The van der Waals surface area contributed by atoms with Crippen LogP contribution in [0.5, 0.6) is 0 Å². The fourth-order valence-electron chi connectivity index (χ4n) is 3.83. The first-order valence-corrected chi connectivity index (χ1v) is 9.80. The van der Waals surface area contributed by atoms with Crippen LogP contribution in [0, 0.1) is 10.1 Å². The van der Waals surface area contributed by atoms with Gasteiger partial charge in [-0.3, -0.25) is 10.1 Å². The highest BCUT2D eigenvalue weighted by molar-refractivity contribution is 9.11. The van der Waals surface area contributed by atoms with Crippen LogP contribution in [-0.4, -0.2) is 15.9 Å². The fraction of sp³-hybridized carbons (Fsp3) is 0.222. The Labute approximate surface area is 166 Å². The van der Waals surface area contributed by atoms with Gasteiger partial charge >= 0.3 is 0 Å². The molecule has 4 rings (SSSR count). The normalized spacial score (nSPS) is 19.8. The van der Waals surface area contributed by atoms with Crippen molar-refractivity contribution in [3.8, 4) is 0 Å². The first kappa shape index (κ1) is 17.1. The molecular weight excluding hydrogens is 471 g/mol. The number of H-pyrrole nitrogens is 1. The zero-order valence-electron chi connectivity index (χ0n) is 12.9. The maximum atomic E-state index is 11.8. The Morgan fingerprint density at radius 3 is 2.80 bits per heavy atom. The molecule has 128 valence electrons. The molecule has 1 heterocycles. The van der Waals surface area contributed by atoms with E-state index in [1.807, 2.05) is 36.5 Å². The molecule has 2 aromatic carbocycles. The molecule has 0 spiro atoms. The van der Waals surface area contributed by atoms with Gasteiger partial charge < -0.3 is 4.98 Å². The van der Waals surface area contributed by atoms with Crippen molar-refractivity contribution in [2.75, 3.05) is 0 Å². The molecule has 4 nitrogen and oxygen atoms in total. The number of nitrogens with zero attached hydrogens (tertiary/aromatic N) is 1. The highest BCUT2D eigenvalue weighted by atomic mass is 79.9. The number of nitrogens with one attached hydrogen (secondary N) is 1. The minimum atomic E-state index is -0.660. The summed E-state index contributed by atoms with van der Waals surface area (Å²) in [6, 6.07) is 9.00. The van der Waals surface area contributed by atoms with Gasteiger partial charge in [-0.05, 0) is 41.3 Å². The second-order valence-electron chi connectivity index (χ2n) is 6.23. The van der Waals surface area contributed by atoms with Gasteiger partial charge in [0.25, 0.3) is 0 Å². The van der Waals surface area contributed by atoms with Gasteiger partial charge in [0.15, 0.2) is 0 Å². The van der Waals surface area contributed by atoms with E-state index in [9.17, 15) is 10.1 Å². The standard InChI is InChI=1S/C18H13Br2ClN2O2/c19-9-6-12-10(14(20)7-9)4-5-16(23(24)25)17(12)13-8-22-18-11(13)2-1-3-15(18)21/h1-3,6-8,16-17,22H,4-5H2/t16-,17+/m0/s1. The Bertz CT molecular complexity index is 1000. The van der Waals surface area contributed by atoms with Crippen LogP contribution < -0.4 is 0 Å². The van der Waals surface area contributed by atoms with Gasteiger partial charge in [0, 0.05) is 31.9 Å². The molecule has 0 unspecified atom stereocenters. The Morgan fingerprint density at radius 1 is 1.24 bits per heavy atom. The van der Waals surface area contributed by atoms with Crippen molar-refractivity contribution in [3.63, 3.8) is 0 Å². The first-order chi connectivity index (χ1) is 12.0. The Morgan fingerprint density at radius 2 is 2.04 bits per heavy atom. The van der Waals surface area contributed by atoms with Crippen LogP contribution >= 0.6 is 43.5 Å². The number of hydrogen-bond donors (Lipinski definition) is 1. The Kier molecular flexibility index (Phi) is 4.38. The molecule has 1 aliphatic rings. The van der Waals surface area contributed by atoms with E-state index in [-0.39, 0.29) is 10.8 Å². The lowest BCUT2D eigenvalue weighted by Gasteiger charge is -2.29. The van der Waals surface area contributed by atoms with E-state index in [2.05, 4.69) is 36.8 Å². The fourth-order valence-corrected chi connectivity index (χ4v) is 5.51. The summed E-state index contributed by atoms with van der Waals surface area (Å²) in [5, 5.41) is 13.3. The molecule has 1 N–H and O–H groups in total. The lowest BCUT2D eigenvalue weighted by atomic mass is 9.76. The zero-order chi connectivity index (χ0) is 17.7. The lowest BCUT2D eigenvalue weighted by molar-refractivity contribution is -0.526. The second-order valence-corrected chi connectivity index (χ2v) is 8.41. The van der Waals surface area contributed by atoms with E-state index in [0.717, 1.165) is 36.5 Å². The van der Waals surface area contributed by atoms with Crippen molar-refractivity contribution >= 4 is 54.4 Å². The SMILES string of the molecule is O=[N+]([O-])[C@H]1CCc2c(Br)cc(Br)cc2[C@@H]1c1c[nH]c2c(Cl)cccc12. The van der Waals surface area contributed by atoms with Crippen LogP contribution in [0.15, 0.2) is 45.5 Å². The number of benzene rings is 2. The number of aromatic amines is 1. The minimum Gasteiger partial charge on any atom is -0.360 e. The molecule has 0 radical (unpaired) electrons. The molecule has 1 aliphatic carbocycles. The zero-order valence-corrected chi connectivity index (χ0v) is 16.9. The number of halogens is 3. The van der Waals surface area contributed by atoms with Crippen LogP contribution in [0.25, 0.3) is 10.9 Å². The van der Waals surface area contributed by atoms with Crippen LogP contribution in [0.1, 0.15) is 29.0 Å². The van der Waals surface area contributed by atoms with Crippen molar-refractivity contribution in [2.24, 2.45) is 0 Å². The maximum Gasteiger partial charge on any atom is 0.224 e. The van der Waals surface area contributed by atoms with E-state index < -0.39 is 6.04 Å². The summed E-state index contributed by atoms with van der Waals surface area (Å²) in [6.45, 7) is 0. The Hall–Kier alpha value is -1.37. The van der Waals surface area contributed by atoms with Crippen molar-refractivity contribution in [1.82, 2.24) is 4.98 Å². The van der Waals surface area contributed by atoms with Crippen LogP contribution in [-0.2, 0) is 6.42 Å². The number of para-hydroxylation sites is 1. The van der Waals surface area contributed by atoms with Crippen molar-refractivity contribution in [2.45, 2.75) is 24.8 Å². The number of rotatable bonds is 2. The van der Waals surface area contributed by atoms with E-state index >= 15 is 0 Å².